The summed E-state index contributed by atoms with van der Waals surface area (Å²) in [5.41, 5.74) is 0.898. The van der Waals surface area contributed by atoms with E-state index in [-0.39, 0.29) is 44.4 Å². The standard InChI is InChI=1S/C25H21Cl2N7O5/c26-14-5-7-18(19(27)11-14)22-20(32-23(35)16-3-1-2-4-17(16)24(36)37)13-31-25(33-22)29-10-9-28-21-8-6-15(12-30-21)34(38)39/h1-8,11-13,38-39H,9-10H2,(H,28,30)(H,32,35)(H,36,37)(H,29,31,33). The van der Waals surface area contributed by atoms with Crippen molar-refractivity contribution in [2.45, 2.75) is 0 Å². The molecule has 1 amide bonds. The second-order valence-electron chi connectivity index (χ2n) is 7.93. The van der Waals surface area contributed by atoms with Crippen LogP contribution in [-0.4, -0.2) is 55.4 Å². The van der Waals surface area contributed by atoms with Gasteiger partial charge in [0.15, 0.2) is 0 Å². The maximum Gasteiger partial charge on any atom is 0.336 e. The zero-order valence-electron chi connectivity index (χ0n) is 20.0. The summed E-state index contributed by atoms with van der Waals surface area (Å²) in [6, 6.07) is 13.7. The highest BCUT2D eigenvalue weighted by Gasteiger charge is 2.20. The monoisotopic (exact) mass is 569 g/mol. The maximum absolute atomic E-state index is 13.0. The lowest BCUT2D eigenvalue weighted by molar-refractivity contribution is 0.0290. The van der Waals surface area contributed by atoms with E-state index in [0.29, 0.717) is 29.5 Å². The summed E-state index contributed by atoms with van der Waals surface area (Å²) in [5.74, 6) is -1.14. The summed E-state index contributed by atoms with van der Waals surface area (Å²) in [6.45, 7) is 0.792. The predicted octanol–water partition coefficient (Wildman–Crippen LogP) is 4.90. The van der Waals surface area contributed by atoms with Gasteiger partial charge >= 0.3 is 5.97 Å². The molecule has 0 radical (unpaired) electrons. The maximum atomic E-state index is 13.0. The number of nitrogens with zero attached hydrogens (tertiary/aromatic N) is 4. The topological polar surface area (TPSA) is 173 Å². The quantitative estimate of drug-likeness (QED) is 0.113. The van der Waals surface area contributed by atoms with Gasteiger partial charge in [-0.05, 0) is 42.5 Å². The largest absolute Gasteiger partial charge is 0.478 e. The zero-order chi connectivity index (χ0) is 27.9. The van der Waals surface area contributed by atoms with Crippen molar-refractivity contribution in [2.24, 2.45) is 0 Å². The SMILES string of the molecule is O=C(O)c1ccccc1C(=O)Nc1cnc(NCCNc2ccc(N(O)O)cn2)nc1-c1ccc(Cl)cc1Cl. The molecular formula is C25H21Cl2N7O5. The van der Waals surface area contributed by atoms with E-state index in [9.17, 15) is 14.7 Å². The van der Waals surface area contributed by atoms with Crippen molar-refractivity contribution >= 4 is 58.2 Å². The lowest BCUT2D eigenvalue weighted by atomic mass is 10.1. The number of nitrogens with one attached hydrogen (secondary N) is 3. The molecule has 0 aliphatic heterocycles. The molecule has 39 heavy (non-hydrogen) atoms. The Balaban J connectivity index is 1.53. The van der Waals surface area contributed by atoms with Crippen molar-refractivity contribution in [2.75, 3.05) is 34.3 Å². The number of rotatable bonds is 10. The van der Waals surface area contributed by atoms with Crippen molar-refractivity contribution in [3.8, 4) is 11.3 Å². The molecule has 12 nitrogen and oxygen atoms in total. The number of anilines is 4. The third kappa shape index (κ3) is 6.89. The molecule has 0 spiro atoms. The number of aromatic nitrogens is 3. The summed E-state index contributed by atoms with van der Waals surface area (Å²) in [6.07, 6.45) is 2.67. The van der Waals surface area contributed by atoms with Gasteiger partial charge in [0.2, 0.25) is 5.95 Å². The van der Waals surface area contributed by atoms with Crippen LogP contribution in [0.25, 0.3) is 11.3 Å². The van der Waals surface area contributed by atoms with Gasteiger partial charge in [-0.1, -0.05) is 35.3 Å². The first kappa shape index (κ1) is 27.5. The Labute approximate surface area is 231 Å². The number of halogens is 2. The van der Waals surface area contributed by atoms with E-state index in [1.165, 1.54) is 42.7 Å². The van der Waals surface area contributed by atoms with Crippen LogP contribution in [0.3, 0.4) is 0 Å². The van der Waals surface area contributed by atoms with E-state index in [4.69, 9.17) is 33.6 Å². The molecule has 14 heteroatoms. The molecule has 2 heterocycles. The van der Waals surface area contributed by atoms with Crippen molar-refractivity contribution in [3.63, 3.8) is 0 Å². The molecule has 6 N–H and O–H groups in total. The summed E-state index contributed by atoms with van der Waals surface area (Å²) >= 11 is 12.5. The Morgan fingerprint density at radius 2 is 1.64 bits per heavy atom. The number of hydrogen-bond acceptors (Lipinski definition) is 10. The van der Waals surface area contributed by atoms with Crippen LogP contribution in [0.5, 0.6) is 0 Å². The smallest absolute Gasteiger partial charge is 0.336 e. The first-order chi connectivity index (χ1) is 18.7. The molecule has 4 aromatic rings. The van der Waals surface area contributed by atoms with Gasteiger partial charge in [-0.15, -0.1) is 5.23 Å². The lowest BCUT2D eigenvalue weighted by Crippen LogP contribution is -2.19. The molecule has 0 fully saturated rings. The fourth-order valence-electron chi connectivity index (χ4n) is 3.48. The summed E-state index contributed by atoms with van der Waals surface area (Å²) < 4.78 is 0. The highest BCUT2D eigenvalue weighted by atomic mass is 35.5. The van der Waals surface area contributed by atoms with Crippen molar-refractivity contribution in [1.29, 1.82) is 0 Å². The van der Waals surface area contributed by atoms with Crippen LogP contribution < -0.4 is 21.2 Å². The Kier molecular flexibility index (Phi) is 8.74. The molecule has 200 valence electrons. The molecule has 0 aliphatic rings. The Hall–Kier alpha value is -4.49. The molecule has 2 aromatic carbocycles. The number of carboxylic acid groups (broad SMARTS) is 1. The van der Waals surface area contributed by atoms with E-state index < -0.39 is 11.9 Å². The predicted molar refractivity (Wildman–Crippen MR) is 146 cm³/mol. The molecular weight excluding hydrogens is 549 g/mol. The molecule has 0 aliphatic carbocycles. The van der Waals surface area contributed by atoms with Gasteiger partial charge < -0.3 is 21.1 Å². The average Bonchev–Trinajstić information content (AvgIpc) is 2.92. The van der Waals surface area contributed by atoms with Crippen molar-refractivity contribution in [3.05, 3.63) is 88.2 Å². The second kappa shape index (κ2) is 12.4. The fourth-order valence-corrected chi connectivity index (χ4v) is 3.97. The highest BCUT2D eigenvalue weighted by Crippen LogP contribution is 2.34. The molecule has 0 unspecified atom stereocenters. The van der Waals surface area contributed by atoms with E-state index in [2.05, 4.69) is 30.9 Å². The summed E-state index contributed by atoms with van der Waals surface area (Å²) in [4.78, 5) is 37.4. The normalized spacial score (nSPS) is 10.6. The van der Waals surface area contributed by atoms with Crippen LogP contribution in [0.15, 0.2) is 67.0 Å². The van der Waals surface area contributed by atoms with Crippen LogP contribution >= 0.6 is 23.2 Å². The lowest BCUT2D eigenvalue weighted by Gasteiger charge is -2.14. The number of pyridine rings is 1. The van der Waals surface area contributed by atoms with Gasteiger partial charge in [0.1, 0.15) is 17.2 Å². The summed E-state index contributed by atoms with van der Waals surface area (Å²) in [5, 5.41) is 36.9. The fraction of sp³-hybridized carbons (Fsp3) is 0.0800. The number of amides is 1. The minimum absolute atomic E-state index is 0.0289. The number of aromatic carboxylic acids is 1. The van der Waals surface area contributed by atoms with Crippen LogP contribution in [0, 0.1) is 0 Å². The zero-order valence-corrected chi connectivity index (χ0v) is 21.5. The molecule has 4 rings (SSSR count). The van der Waals surface area contributed by atoms with E-state index in [1.807, 2.05) is 0 Å². The molecule has 0 atom stereocenters. The Morgan fingerprint density at radius 3 is 2.31 bits per heavy atom. The van der Waals surface area contributed by atoms with Gasteiger partial charge in [0.05, 0.1) is 34.2 Å². The third-order valence-corrected chi connectivity index (χ3v) is 5.87. The van der Waals surface area contributed by atoms with Crippen LogP contribution in [0.4, 0.5) is 23.1 Å². The van der Waals surface area contributed by atoms with Gasteiger partial charge in [0, 0.05) is 23.7 Å². The number of carboxylic acids is 1. The molecule has 0 saturated carbocycles. The average molecular weight is 570 g/mol. The van der Waals surface area contributed by atoms with E-state index in [0.717, 1.165) is 0 Å². The van der Waals surface area contributed by atoms with Crippen LogP contribution in [0.1, 0.15) is 20.7 Å². The second-order valence-corrected chi connectivity index (χ2v) is 8.77. The van der Waals surface area contributed by atoms with Gasteiger partial charge in [-0.25, -0.2) is 19.7 Å². The molecule has 0 bridgehead atoms. The van der Waals surface area contributed by atoms with Crippen molar-refractivity contribution in [1.82, 2.24) is 15.0 Å². The summed E-state index contributed by atoms with van der Waals surface area (Å²) in [7, 11) is 0. The number of carbonyl (C=O) groups excluding carboxylic acids is 1. The van der Waals surface area contributed by atoms with Crippen molar-refractivity contribution < 1.29 is 25.1 Å². The Morgan fingerprint density at radius 1 is 0.897 bits per heavy atom. The Bertz CT molecular complexity index is 1500. The van der Waals surface area contributed by atoms with E-state index in [1.54, 1.807) is 24.3 Å². The first-order valence-corrected chi connectivity index (χ1v) is 12.1. The molecule has 2 aromatic heterocycles. The number of carbonyl (C=O) groups is 2. The highest BCUT2D eigenvalue weighted by molar-refractivity contribution is 6.36. The van der Waals surface area contributed by atoms with Gasteiger partial charge in [0.25, 0.3) is 5.91 Å². The van der Waals surface area contributed by atoms with Gasteiger partial charge in [-0.3, -0.25) is 15.2 Å². The minimum atomic E-state index is -1.24. The van der Waals surface area contributed by atoms with Gasteiger partial charge in [-0.2, -0.15) is 0 Å². The van der Waals surface area contributed by atoms with E-state index >= 15 is 0 Å². The number of hydrogen-bond donors (Lipinski definition) is 6. The van der Waals surface area contributed by atoms with Crippen LogP contribution in [0.2, 0.25) is 10.0 Å². The first-order valence-electron chi connectivity index (χ1n) is 11.3. The minimum Gasteiger partial charge on any atom is -0.478 e. The van der Waals surface area contributed by atoms with Crippen LogP contribution in [-0.2, 0) is 0 Å². The number of benzene rings is 2. The molecule has 0 saturated heterocycles. The third-order valence-electron chi connectivity index (χ3n) is 5.32.